The Bertz CT molecular complexity index is 517. The molecule has 1 amide bonds. The first-order valence-corrected chi connectivity index (χ1v) is 7.54. The summed E-state index contributed by atoms with van der Waals surface area (Å²) in [5.41, 5.74) is 0.977. The number of hydrogen-bond donors (Lipinski definition) is 1. The molecule has 1 heterocycles. The largest absolute Gasteiger partial charge is 0.444 e. The zero-order valence-electron chi connectivity index (χ0n) is 12.2. The van der Waals surface area contributed by atoms with Crippen molar-refractivity contribution in [1.82, 2.24) is 10.3 Å². The minimum Gasteiger partial charge on any atom is -0.444 e. The second-order valence-electron chi connectivity index (χ2n) is 6.29. The topological polar surface area (TPSA) is 68.3 Å². The van der Waals surface area contributed by atoms with Crippen LogP contribution in [-0.2, 0) is 15.1 Å². The maximum absolute atomic E-state index is 11.9. The normalized spacial score (nSPS) is 18.2. The summed E-state index contributed by atoms with van der Waals surface area (Å²) in [4.78, 5) is 28.6. The summed E-state index contributed by atoms with van der Waals surface area (Å²) in [6.07, 6.45) is 2.34. The first-order valence-electron chi connectivity index (χ1n) is 6.66. The van der Waals surface area contributed by atoms with Gasteiger partial charge >= 0.3 is 6.09 Å². The summed E-state index contributed by atoms with van der Waals surface area (Å²) >= 11 is 1.40. The molecule has 0 aromatic carbocycles. The van der Waals surface area contributed by atoms with Crippen LogP contribution in [0.1, 0.15) is 57.0 Å². The summed E-state index contributed by atoms with van der Waals surface area (Å²) in [6.45, 7) is 7.04. The number of hydrogen-bond acceptors (Lipinski definition) is 5. The highest BCUT2D eigenvalue weighted by atomic mass is 32.1. The number of nitrogens with one attached hydrogen (secondary N) is 1. The molecule has 0 saturated heterocycles. The summed E-state index contributed by atoms with van der Waals surface area (Å²) in [5.74, 6) is 0.427. The second-order valence-corrected chi connectivity index (χ2v) is 7.14. The lowest BCUT2D eigenvalue weighted by Gasteiger charge is -2.27. The van der Waals surface area contributed by atoms with Gasteiger partial charge in [-0.3, -0.25) is 0 Å². The number of aromatic nitrogens is 1. The summed E-state index contributed by atoms with van der Waals surface area (Å²) in [6, 6.07) is 0. The Hall–Kier alpha value is -1.43. The average Bonchev–Trinajstić information content (AvgIpc) is 3.03. The standard InChI is InChI=1S/C14H20N2O3S/c1-13(2,3)19-12(18)16-14(4,7-17)11-10(9-5-6-9)15-8-20-11/h7-9H,5-6H2,1-4H3,(H,16,18). The molecule has 1 fully saturated rings. The van der Waals surface area contributed by atoms with Gasteiger partial charge < -0.3 is 14.8 Å². The molecular weight excluding hydrogens is 276 g/mol. The van der Waals surface area contributed by atoms with Crippen LogP contribution < -0.4 is 5.32 Å². The van der Waals surface area contributed by atoms with Crippen LogP contribution in [0.25, 0.3) is 0 Å². The van der Waals surface area contributed by atoms with E-state index in [2.05, 4.69) is 10.3 Å². The SMILES string of the molecule is CC(C)(C)OC(=O)NC(C)(C=O)c1scnc1C1CC1. The van der Waals surface area contributed by atoms with Gasteiger partial charge in [0.25, 0.3) is 0 Å². The van der Waals surface area contributed by atoms with E-state index in [1.807, 2.05) is 0 Å². The molecule has 1 aliphatic rings. The lowest BCUT2D eigenvalue weighted by Crippen LogP contribution is -2.47. The third kappa shape index (κ3) is 3.36. The van der Waals surface area contributed by atoms with Crippen LogP contribution in [0.5, 0.6) is 0 Å². The van der Waals surface area contributed by atoms with Crippen LogP contribution in [0.4, 0.5) is 4.79 Å². The number of carbonyl (C=O) groups is 2. The third-order valence-corrected chi connectivity index (χ3v) is 4.11. The molecule has 1 N–H and O–H groups in total. The number of ether oxygens (including phenoxy) is 1. The quantitative estimate of drug-likeness (QED) is 0.867. The highest BCUT2D eigenvalue weighted by Crippen LogP contribution is 2.44. The van der Waals surface area contributed by atoms with Crippen molar-refractivity contribution >= 4 is 23.7 Å². The van der Waals surface area contributed by atoms with E-state index >= 15 is 0 Å². The van der Waals surface area contributed by atoms with Crippen LogP contribution >= 0.6 is 11.3 Å². The van der Waals surface area contributed by atoms with E-state index in [1.165, 1.54) is 11.3 Å². The first kappa shape index (κ1) is 15.0. The Morgan fingerprint density at radius 2 is 2.10 bits per heavy atom. The lowest BCUT2D eigenvalue weighted by molar-refractivity contribution is -0.113. The van der Waals surface area contributed by atoms with Gasteiger partial charge in [-0.1, -0.05) is 0 Å². The fraction of sp³-hybridized carbons (Fsp3) is 0.643. The Kier molecular flexibility index (Phi) is 3.86. The predicted molar refractivity (Wildman–Crippen MR) is 76.9 cm³/mol. The van der Waals surface area contributed by atoms with E-state index in [0.29, 0.717) is 5.92 Å². The number of alkyl carbamates (subject to hydrolysis) is 1. The molecule has 1 aromatic rings. The van der Waals surface area contributed by atoms with Gasteiger partial charge in [-0.15, -0.1) is 11.3 Å². The van der Waals surface area contributed by atoms with Crippen molar-refractivity contribution in [2.45, 2.75) is 57.6 Å². The Balaban J connectivity index is 2.18. The molecule has 5 nitrogen and oxygen atoms in total. The summed E-state index contributed by atoms with van der Waals surface area (Å²) in [5, 5.41) is 2.67. The molecule has 20 heavy (non-hydrogen) atoms. The van der Waals surface area contributed by atoms with Crippen LogP contribution in [0, 0.1) is 0 Å². The number of amides is 1. The van der Waals surface area contributed by atoms with Crippen molar-refractivity contribution in [3.05, 3.63) is 16.1 Å². The fourth-order valence-electron chi connectivity index (χ4n) is 1.95. The van der Waals surface area contributed by atoms with Gasteiger partial charge in [0.05, 0.1) is 16.1 Å². The number of rotatable bonds is 4. The van der Waals surface area contributed by atoms with Crippen LogP contribution in [-0.4, -0.2) is 23.0 Å². The number of carbonyl (C=O) groups excluding carboxylic acids is 2. The van der Waals surface area contributed by atoms with E-state index in [1.54, 1.807) is 33.2 Å². The van der Waals surface area contributed by atoms with Gasteiger partial charge in [0.2, 0.25) is 0 Å². The third-order valence-electron chi connectivity index (χ3n) is 3.03. The van der Waals surface area contributed by atoms with Crippen molar-refractivity contribution in [2.24, 2.45) is 0 Å². The fourth-order valence-corrected chi connectivity index (χ4v) is 2.90. The van der Waals surface area contributed by atoms with Crippen molar-refractivity contribution in [3.8, 4) is 0 Å². The lowest BCUT2D eigenvalue weighted by atomic mass is 9.99. The van der Waals surface area contributed by atoms with Crippen molar-refractivity contribution in [3.63, 3.8) is 0 Å². The molecule has 0 spiro atoms. The Labute approximate surface area is 122 Å². The van der Waals surface area contributed by atoms with Gasteiger partial charge in [-0.05, 0) is 40.5 Å². The molecule has 6 heteroatoms. The molecule has 1 aromatic heterocycles. The first-order chi connectivity index (χ1) is 9.25. The van der Waals surface area contributed by atoms with Gasteiger partial charge in [-0.2, -0.15) is 0 Å². The molecular formula is C14H20N2O3S. The molecule has 1 saturated carbocycles. The van der Waals surface area contributed by atoms with E-state index in [0.717, 1.165) is 29.7 Å². The molecule has 0 aliphatic heterocycles. The average molecular weight is 296 g/mol. The zero-order chi connectivity index (χ0) is 15.0. The molecule has 0 bridgehead atoms. The van der Waals surface area contributed by atoms with E-state index in [9.17, 15) is 9.59 Å². The van der Waals surface area contributed by atoms with Gasteiger partial charge in [0.15, 0.2) is 6.29 Å². The maximum Gasteiger partial charge on any atom is 0.408 e. The van der Waals surface area contributed by atoms with Crippen LogP contribution in [0.2, 0.25) is 0 Å². The smallest absolute Gasteiger partial charge is 0.408 e. The van der Waals surface area contributed by atoms with Crippen molar-refractivity contribution < 1.29 is 14.3 Å². The van der Waals surface area contributed by atoms with Crippen LogP contribution in [0.3, 0.4) is 0 Å². The number of aldehydes is 1. The summed E-state index contributed by atoms with van der Waals surface area (Å²) in [7, 11) is 0. The number of thiazole rings is 1. The molecule has 0 radical (unpaired) electrons. The minimum atomic E-state index is -1.08. The van der Waals surface area contributed by atoms with Crippen molar-refractivity contribution in [1.29, 1.82) is 0 Å². The predicted octanol–water partition coefficient (Wildman–Crippen LogP) is 2.96. The van der Waals surface area contributed by atoms with E-state index in [4.69, 9.17) is 4.74 Å². The highest BCUT2D eigenvalue weighted by Gasteiger charge is 2.38. The van der Waals surface area contributed by atoms with Crippen LogP contribution in [0.15, 0.2) is 5.51 Å². The van der Waals surface area contributed by atoms with Crippen molar-refractivity contribution in [2.75, 3.05) is 0 Å². The van der Waals surface area contributed by atoms with E-state index < -0.39 is 17.2 Å². The number of nitrogens with zero attached hydrogens (tertiary/aromatic N) is 1. The Morgan fingerprint density at radius 3 is 2.60 bits per heavy atom. The maximum atomic E-state index is 11.9. The molecule has 1 aliphatic carbocycles. The molecule has 2 rings (SSSR count). The summed E-state index contributed by atoms with van der Waals surface area (Å²) < 4.78 is 5.22. The molecule has 110 valence electrons. The van der Waals surface area contributed by atoms with Gasteiger partial charge in [-0.25, -0.2) is 9.78 Å². The van der Waals surface area contributed by atoms with E-state index in [-0.39, 0.29) is 0 Å². The minimum absolute atomic E-state index is 0.427. The van der Waals surface area contributed by atoms with Gasteiger partial charge in [0, 0.05) is 5.92 Å². The van der Waals surface area contributed by atoms with Gasteiger partial charge in [0.1, 0.15) is 11.1 Å². The highest BCUT2D eigenvalue weighted by molar-refractivity contribution is 7.10. The Morgan fingerprint density at radius 1 is 1.45 bits per heavy atom. The molecule has 1 atom stereocenters. The molecule has 1 unspecified atom stereocenters. The zero-order valence-corrected chi connectivity index (χ0v) is 13.0. The second kappa shape index (κ2) is 5.16. The monoisotopic (exact) mass is 296 g/mol.